The van der Waals surface area contributed by atoms with Crippen LogP contribution in [0.2, 0.25) is 0 Å². The first kappa shape index (κ1) is 20.9. The molecule has 0 atom stereocenters. The molecule has 10 heteroatoms. The van der Waals surface area contributed by atoms with E-state index in [-0.39, 0.29) is 17.1 Å². The summed E-state index contributed by atoms with van der Waals surface area (Å²) in [6, 6.07) is 9.52. The number of hydrogen-bond acceptors (Lipinski definition) is 4. The summed E-state index contributed by atoms with van der Waals surface area (Å²) in [5.74, 6) is -2.49. The fraction of sp³-hybridized carbons (Fsp3) is 0.0455. The lowest BCUT2D eigenvalue weighted by molar-refractivity contribution is 0.262. The Morgan fingerprint density at radius 1 is 0.969 bits per heavy atom. The quantitative estimate of drug-likeness (QED) is 0.440. The van der Waals surface area contributed by atoms with Crippen molar-refractivity contribution < 1.29 is 22.7 Å². The Hall–Kier alpha value is -4.34. The summed E-state index contributed by atoms with van der Waals surface area (Å²) in [6.45, 7) is 0. The molecule has 2 heterocycles. The van der Waals surface area contributed by atoms with Crippen molar-refractivity contribution in [3.63, 3.8) is 0 Å². The maximum atomic E-state index is 14.5. The van der Waals surface area contributed by atoms with E-state index in [0.717, 1.165) is 17.7 Å². The van der Waals surface area contributed by atoms with Crippen molar-refractivity contribution in [1.29, 1.82) is 0 Å². The molecule has 2 amide bonds. The second-order valence-corrected chi connectivity index (χ2v) is 6.70. The molecule has 0 aliphatic heterocycles. The number of amides is 2. The average Bonchev–Trinajstić information content (AvgIpc) is 3.20. The number of nitrogens with zero attached hydrogens (tertiary/aromatic N) is 3. The lowest BCUT2D eigenvalue weighted by atomic mass is 10.2. The van der Waals surface area contributed by atoms with Crippen LogP contribution in [0.4, 0.5) is 29.3 Å². The van der Waals surface area contributed by atoms with Crippen LogP contribution in [0.25, 0.3) is 11.3 Å². The Morgan fingerprint density at radius 3 is 2.50 bits per heavy atom. The topological polar surface area (TPSA) is 81.1 Å². The molecule has 0 aliphatic rings. The van der Waals surface area contributed by atoms with E-state index >= 15 is 0 Å². The molecule has 0 bridgehead atoms. The van der Waals surface area contributed by atoms with Gasteiger partial charge >= 0.3 is 6.03 Å². The number of rotatable bonds is 5. The standard InChI is InChI=1S/C22H16F3N5O2/c1-30-12-13(11-27-30)20-10-15(7-8-26-20)32-14-5-6-18(17(24)9-14)28-22(31)29-19-4-2-3-16(23)21(19)25/h2-12H,1H3,(H2,28,29,31). The Morgan fingerprint density at radius 2 is 1.75 bits per heavy atom. The van der Waals surface area contributed by atoms with Gasteiger partial charge in [-0.05, 0) is 30.3 Å². The van der Waals surface area contributed by atoms with Crippen LogP contribution in [-0.2, 0) is 7.05 Å². The summed E-state index contributed by atoms with van der Waals surface area (Å²) in [7, 11) is 1.79. The molecule has 4 rings (SSSR count). The van der Waals surface area contributed by atoms with Gasteiger partial charge in [0, 0.05) is 37.1 Å². The molecule has 0 saturated heterocycles. The summed E-state index contributed by atoms with van der Waals surface area (Å²) in [5, 5.41) is 8.46. The van der Waals surface area contributed by atoms with E-state index in [1.807, 2.05) is 0 Å². The first-order valence-electron chi connectivity index (χ1n) is 9.33. The molecule has 7 nitrogen and oxygen atoms in total. The second kappa shape index (κ2) is 8.80. The summed E-state index contributed by atoms with van der Waals surface area (Å²) < 4.78 is 48.7. The molecular formula is C22H16F3N5O2. The predicted octanol–water partition coefficient (Wildman–Crippen LogP) is 5.34. The van der Waals surface area contributed by atoms with E-state index in [4.69, 9.17) is 4.74 Å². The molecule has 2 aromatic carbocycles. The molecule has 0 saturated carbocycles. The number of benzene rings is 2. The molecule has 0 radical (unpaired) electrons. The number of hydrogen-bond donors (Lipinski definition) is 2. The number of halogens is 3. The maximum Gasteiger partial charge on any atom is 0.323 e. The summed E-state index contributed by atoms with van der Waals surface area (Å²) in [5.41, 5.74) is 0.891. The number of carbonyl (C=O) groups excluding carboxylic acids is 1. The summed E-state index contributed by atoms with van der Waals surface area (Å²) in [4.78, 5) is 16.3. The second-order valence-electron chi connectivity index (χ2n) is 6.70. The number of aryl methyl sites for hydroxylation is 1. The molecule has 4 aromatic rings. The molecule has 0 fully saturated rings. The van der Waals surface area contributed by atoms with E-state index in [1.165, 1.54) is 24.3 Å². The van der Waals surface area contributed by atoms with Gasteiger partial charge in [-0.15, -0.1) is 0 Å². The smallest absolute Gasteiger partial charge is 0.323 e. The van der Waals surface area contributed by atoms with Gasteiger partial charge in [-0.1, -0.05) is 6.07 Å². The number of anilines is 2. The van der Waals surface area contributed by atoms with Gasteiger partial charge in [0.1, 0.15) is 17.3 Å². The molecule has 2 N–H and O–H groups in total. The Kier molecular flexibility index (Phi) is 5.75. The molecule has 162 valence electrons. The Bertz CT molecular complexity index is 1290. The van der Waals surface area contributed by atoms with Crippen LogP contribution >= 0.6 is 0 Å². The predicted molar refractivity (Wildman–Crippen MR) is 112 cm³/mol. The maximum absolute atomic E-state index is 14.5. The highest BCUT2D eigenvalue weighted by Crippen LogP contribution is 2.28. The Labute approximate surface area is 180 Å². The lowest BCUT2D eigenvalue weighted by Crippen LogP contribution is -2.21. The van der Waals surface area contributed by atoms with E-state index in [1.54, 1.807) is 42.5 Å². The third kappa shape index (κ3) is 4.69. The molecule has 2 aromatic heterocycles. The zero-order chi connectivity index (χ0) is 22.7. The minimum Gasteiger partial charge on any atom is -0.457 e. The fourth-order valence-electron chi connectivity index (χ4n) is 2.86. The van der Waals surface area contributed by atoms with Gasteiger partial charge in [-0.2, -0.15) is 5.10 Å². The summed E-state index contributed by atoms with van der Waals surface area (Å²) in [6.07, 6.45) is 5.01. The average molecular weight is 439 g/mol. The van der Waals surface area contributed by atoms with Gasteiger partial charge in [-0.25, -0.2) is 18.0 Å². The highest BCUT2D eigenvalue weighted by molar-refractivity contribution is 5.99. The zero-order valence-corrected chi connectivity index (χ0v) is 16.6. The van der Waals surface area contributed by atoms with Crippen LogP contribution < -0.4 is 15.4 Å². The summed E-state index contributed by atoms with van der Waals surface area (Å²) >= 11 is 0. The van der Waals surface area contributed by atoms with Gasteiger partial charge in [0.05, 0.1) is 23.3 Å². The van der Waals surface area contributed by atoms with Crippen LogP contribution in [0.15, 0.2) is 67.1 Å². The van der Waals surface area contributed by atoms with Crippen LogP contribution in [0.5, 0.6) is 11.5 Å². The normalized spacial score (nSPS) is 10.6. The SMILES string of the molecule is Cn1cc(-c2cc(Oc3ccc(NC(=O)Nc4cccc(F)c4F)c(F)c3)ccn2)cn1. The van der Waals surface area contributed by atoms with Crippen LogP contribution in [0.1, 0.15) is 0 Å². The largest absolute Gasteiger partial charge is 0.457 e. The van der Waals surface area contributed by atoms with Crippen molar-refractivity contribution in [3.05, 3.63) is 84.6 Å². The first-order chi connectivity index (χ1) is 15.4. The molecule has 0 aliphatic carbocycles. The monoisotopic (exact) mass is 439 g/mol. The third-order valence-corrected chi connectivity index (χ3v) is 4.36. The number of urea groups is 1. The minimum absolute atomic E-state index is 0.169. The number of pyridine rings is 1. The van der Waals surface area contributed by atoms with Crippen molar-refractivity contribution >= 4 is 17.4 Å². The van der Waals surface area contributed by atoms with Gasteiger partial charge in [0.25, 0.3) is 0 Å². The van der Waals surface area contributed by atoms with Gasteiger partial charge in [0.2, 0.25) is 0 Å². The molecule has 32 heavy (non-hydrogen) atoms. The van der Waals surface area contributed by atoms with Gasteiger partial charge in [0.15, 0.2) is 11.6 Å². The van der Waals surface area contributed by atoms with Crippen LogP contribution in [-0.4, -0.2) is 20.8 Å². The van der Waals surface area contributed by atoms with E-state index < -0.39 is 23.5 Å². The van der Waals surface area contributed by atoms with Crippen LogP contribution in [0, 0.1) is 17.5 Å². The zero-order valence-electron chi connectivity index (χ0n) is 16.6. The lowest BCUT2D eigenvalue weighted by Gasteiger charge is -2.11. The van der Waals surface area contributed by atoms with E-state index in [0.29, 0.717) is 11.4 Å². The van der Waals surface area contributed by atoms with Gasteiger partial charge < -0.3 is 15.4 Å². The molecular weight excluding hydrogens is 423 g/mol. The highest BCUT2D eigenvalue weighted by atomic mass is 19.2. The molecule has 0 unspecified atom stereocenters. The van der Waals surface area contributed by atoms with Crippen molar-refractivity contribution in [2.75, 3.05) is 10.6 Å². The van der Waals surface area contributed by atoms with Crippen LogP contribution in [0.3, 0.4) is 0 Å². The van der Waals surface area contributed by atoms with Crippen molar-refractivity contribution in [2.45, 2.75) is 0 Å². The van der Waals surface area contributed by atoms with Crippen molar-refractivity contribution in [2.24, 2.45) is 7.05 Å². The number of carbonyl (C=O) groups is 1. The molecule has 0 spiro atoms. The number of ether oxygens (including phenoxy) is 1. The van der Waals surface area contributed by atoms with Crippen molar-refractivity contribution in [3.8, 4) is 22.8 Å². The van der Waals surface area contributed by atoms with Gasteiger partial charge in [-0.3, -0.25) is 9.67 Å². The number of aromatic nitrogens is 3. The third-order valence-electron chi connectivity index (χ3n) is 4.36. The number of nitrogens with one attached hydrogen (secondary N) is 2. The van der Waals surface area contributed by atoms with Crippen molar-refractivity contribution in [1.82, 2.24) is 14.8 Å². The minimum atomic E-state index is -1.21. The highest BCUT2D eigenvalue weighted by Gasteiger charge is 2.13. The first-order valence-corrected chi connectivity index (χ1v) is 9.33. The van der Waals surface area contributed by atoms with E-state index in [2.05, 4.69) is 20.7 Å². The Balaban J connectivity index is 1.44. The fourth-order valence-corrected chi connectivity index (χ4v) is 2.86. The van der Waals surface area contributed by atoms with E-state index in [9.17, 15) is 18.0 Å².